The Kier molecular flexibility index (Phi) is 6.85. The number of urea groups is 1. The molecular formula is C18H30N4O4. The van der Waals surface area contributed by atoms with E-state index in [0.717, 1.165) is 52.0 Å². The van der Waals surface area contributed by atoms with Crippen molar-refractivity contribution in [2.75, 3.05) is 53.6 Å². The summed E-state index contributed by atoms with van der Waals surface area (Å²) in [6.45, 7) is 4.49. The summed E-state index contributed by atoms with van der Waals surface area (Å²) in [7, 11) is 3.55. The number of piperidine rings is 1. The van der Waals surface area contributed by atoms with Gasteiger partial charge in [0.1, 0.15) is 0 Å². The number of hydrogen-bond acceptors (Lipinski definition) is 6. The van der Waals surface area contributed by atoms with Crippen molar-refractivity contribution >= 4 is 6.03 Å². The van der Waals surface area contributed by atoms with E-state index >= 15 is 0 Å². The zero-order chi connectivity index (χ0) is 18.4. The first-order valence-electron chi connectivity index (χ1n) is 9.57. The summed E-state index contributed by atoms with van der Waals surface area (Å²) < 4.78 is 16.6. The SMILES string of the molecule is CN(C)C(=O)N1CCCC(c2nc(CCOCC3CCOCC3)no2)C1. The molecule has 8 nitrogen and oxygen atoms in total. The predicted molar refractivity (Wildman–Crippen MR) is 95.0 cm³/mol. The number of carbonyl (C=O) groups excluding carboxylic acids is 1. The molecule has 146 valence electrons. The van der Waals surface area contributed by atoms with Crippen LogP contribution in [0.1, 0.15) is 43.3 Å². The van der Waals surface area contributed by atoms with Crippen molar-refractivity contribution in [1.82, 2.24) is 19.9 Å². The number of nitrogens with zero attached hydrogens (tertiary/aromatic N) is 4. The lowest BCUT2D eigenvalue weighted by Crippen LogP contribution is -2.44. The first-order chi connectivity index (χ1) is 12.6. The smallest absolute Gasteiger partial charge is 0.319 e. The van der Waals surface area contributed by atoms with E-state index in [1.807, 2.05) is 4.90 Å². The monoisotopic (exact) mass is 366 g/mol. The second-order valence-corrected chi connectivity index (χ2v) is 7.39. The molecule has 1 unspecified atom stereocenters. The second-order valence-electron chi connectivity index (χ2n) is 7.39. The summed E-state index contributed by atoms with van der Waals surface area (Å²) in [4.78, 5) is 20.1. The van der Waals surface area contributed by atoms with Crippen LogP contribution in [0.3, 0.4) is 0 Å². The topological polar surface area (TPSA) is 80.9 Å². The maximum atomic E-state index is 12.1. The van der Waals surface area contributed by atoms with E-state index < -0.39 is 0 Å². The van der Waals surface area contributed by atoms with Gasteiger partial charge in [-0.3, -0.25) is 0 Å². The molecule has 0 aliphatic carbocycles. The molecule has 1 aromatic heterocycles. The first kappa shape index (κ1) is 19.1. The number of aromatic nitrogens is 2. The second kappa shape index (κ2) is 9.32. The number of ether oxygens (including phenoxy) is 2. The van der Waals surface area contributed by atoms with Crippen LogP contribution in [0, 0.1) is 5.92 Å². The number of rotatable bonds is 6. The van der Waals surface area contributed by atoms with Gasteiger partial charge >= 0.3 is 6.03 Å². The number of amides is 2. The van der Waals surface area contributed by atoms with Crippen LogP contribution in [0.25, 0.3) is 0 Å². The molecule has 2 amide bonds. The van der Waals surface area contributed by atoms with Crippen molar-refractivity contribution in [2.45, 2.75) is 38.0 Å². The Morgan fingerprint density at radius 1 is 1.31 bits per heavy atom. The van der Waals surface area contributed by atoms with Crippen LogP contribution >= 0.6 is 0 Å². The normalized spacial score (nSPS) is 21.8. The average molecular weight is 366 g/mol. The Hall–Kier alpha value is -1.67. The van der Waals surface area contributed by atoms with E-state index in [2.05, 4.69) is 10.1 Å². The molecule has 0 bridgehead atoms. The fourth-order valence-corrected chi connectivity index (χ4v) is 3.50. The minimum atomic E-state index is 0.0379. The van der Waals surface area contributed by atoms with Gasteiger partial charge in [-0.25, -0.2) is 4.79 Å². The van der Waals surface area contributed by atoms with Crippen LogP contribution in [0.2, 0.25) is 0 Å². The van der Waals surface area contributed by atoms with Crippen LogP contribution in [-0.2, 0) is 15.9 Å². The first-order valence-corrected chi connectivity index (χ1v) is 9.57. The highest BCUT2D eigenvalue weighted by atomic mass is 16.5. The molecule has 1 aromatic rings. The van der Waals surface area contributed by atoms with Gasteiger partial charge in [0.2, 0.25) is 5.89 Å². The zero-order valence-electron chi connectivity index (χ0n) is 15.9. The van der Waals surface area contributed by atoms with Gasteiger partial charge in [0.05, 0.1) is 12.5 Å². The third kappa shape index (κ3) is 5.17. The standard InChI is InChI=1S/C18H30N4O4/c1-21(2)18(23)22-8-3-4-15(12-22)17-19-16(20-26-17)7-11-25-13-14-5-9-24-10-6-14/h14-15H,3-13H2,1-2H3. The van der Waals surface area contributed by atoms with Gasteiger partial charge in [0, 0.05) is 53.4 Å². The largest absolute Gasteiger partial charge is 0.381 e. The third-order valence-corrected chi connectivity index (χ3v) is 5.07. The summed E-state index contributed by atoms with van der Waals surface area (Å²) in [5.41, 5.74) is 0. The summed E-state index contributed by atoms with van der Waals surface area (Å²) in [6, 6.07) is 0.0379. The van der Waals surface area contributed by atoms with Gasteiger partial charge in [0.15, 0.2) is 5.82 Å². The molecule has 0 N–H and O–H groups in total. The van der Waals surface area contributed by atoms with Gasteiger partial charge in [-0.1, -0.05) is 5.16 Å². The van der Waals surface area contributed by atoms with Gasteiger partial charge in [-0.05, 0) is 31.6 Å². The van der Waals surface area contributed by atoms with E-state index in [4.69, 9.17) is 14.0 Å². The molecule has 8 heteroatoms. The fourth-order valence-electron chi connectivity index (χ4n) is 3.50. The number of hydrogen-bond donors (Lipinski definition) is 0. The fraction of sp³-hybridized carbons (Fsp3) is 0.833. The minimum Gasteiger partial charge on any atom is -0.381 e. The van der Waals surface area contributed by atoms with Crippen LogP contribution < -0.4 is 0 Å². The van der Waals surface area contributed by atoms with Crippen molar-refractivity contribution in [1.29, 1.82) is 0 Å². The molecular weight excluding hydrogens is 336 g/mol. The van der Waals surface area contributed by atoms with Crippen LogP contribution in [-0.4, -0.2) is 79.6 Å². The summed E-state index contributed by atoms with van der Waals surface area (Å²) >= 11 is 0. The molecule has 3 heterocycles. The quantitative estimate of drug-likeness (QED) is 0.716. The number of carbonyl (C=O) groups is 1. The lowest BCUT2D eigenvalue weighted by Gasteiger charge is -2.32. The van der Waals surface area contributed by atoms with Gasteiger partial charge in [0.25, 0.3) is 0 Å². The van der Waals surface area contributed by atoms with Crippen molar-refractivity contribution in [3.8, 4) is 0 Å². The molecule has 2 aliphatic rings. The van der Waals surface area contributed by atoms with Crippen LogP contribution in [0.15, 0.2) is 4.52 Å². The van der Waals surface area contributed by atoms with E-state index in [-0.39, 0.29) is 11.9 Å². The Labute approximate surface area is 154 Å². The van der Waals surface area contributed by atoms with Gasteiger partial charge < -0.3 is 23.8 Å². The lowest BCUT2D eigenvalue weighted by molar-refractivity contribution is 0.0211. The lowest BCUT2D eigenvalue weighted by atomic mass is 9.98. The summed E-state index contributed by atoms with van der Waals surface area (Å²) in [5, 5.41) is 4.08. The molecule has 3 rings (SSSR count). The zero-order valence-corrected chi connectivity index (χ0v) is 15.9. The maximum absolute atomic E-state index is 12.1. The van der Waals surface area contributed by atoms with E-state index in [1.165, 1.54) is 0 Å². The van der Waals surface area contributed by atoms with Crippen LogP contribution in [0.5, 0.6) is 0 Å². The molecule has 1 atom stereocenters. The van der Waals surface area contributed by atoms with Crippen molar-refractivity contribution in [3.05, 3.63) is 11.7 Å². The molecule has 0 spiro atoms. The molecule has 0 radical (unpaired) electrons. The van der Waals surface area contributed by atoms with Gasteiger partial charge in [-0.15, -0.1) is 0 Å². The van der Waals surface area contributed by atoms with E-state index in [0.29, 0.717) is 37.2 Å². The minimum absolute atomic E-state index is 0.0379. The Morgan fingerprint density at radius 2 is 2.12 bits per heavy atom. The van der Waals surface area contributed by atoms with Crippen molar-refractivity contribution in [2.24, 2.45) is 5.92 Å². The highest BCUT2D eigenvalue weighted by Gasteiger charge is 2.29. The van der Waals surface area contributed by atoms with Crippen molar-refractivity contribution in [3.63, 3.8) is 0 Å². The average Bonchev–Trinajstić information content (AvgIpc) is 3.14. The molecule has 0 saturated carbocycles. The Balaban J connectivity index is 1.42. The third-order valence-electron chi connectivity index (χ3n) is 5.07. The van der Waals surface area contributed by atoms with E-state index in [9.17, 15) is 4.79 Å². The van der Waals surface area contributed by atoms with Crippen LogP contribution in [0.4, 0.5) is 4.79 Å². The predicted octanol–water partition coefficient (Wildman–Crippen LogP) is 1.92. The number of likely N-dealkylation sites (tertiary alicyclic amines) is 1. The molecule has 26 heavy (non-hydrogen) atoms. The summed E-state index contributed by atoms with van der Waals surface area (Å²) in [5.74, 6) is 2.05. The highest BCUT2D eigenvalue weighted by Crippen LogP contribution is 2.26. The Bertz CT molecular complexity index is 571. The molecule has 2 saturated heterocycles. The highest BCUT2D eigenvalue weighted by molar-refractivity contribution is 5.74. The van der Waals surface area contributed by atoms with E-state index in [1.54, 1.807) is 19.0 Å². The molecule has 0 aromatic carbocycles. The summed E-state index contributed by atoms with van der Waals surface area (Å²) in [6.07, 6.45) is 4.74. The van der Waals surface area contributed by atoms with Crippen molar-refractivity contribution < 1.29 is 18.8 Å². The molecule has 2 fully saturated rings. The maximum Gasteiger partial charge on any atom is 0.319 e. The van der Waals surface area contributed by atoms with Gasteiger partial charge in [-0.2, -0.15) is 4.98 Å². The Morgan fingerprint density at radius 3 is 2.88 bits per heavy atom. The molecule has 2 aliphatic heterocycles.